The molecule has 2 aliphatic rings. The van der Waals surface area contributed by atoms with Gasteiger partial charge in [-0.2, -0.15) is 0 Å². The van der Waals surface area contributed by atoms with E-state index in [1.807, 2.05) is 4.98 Å². The van der Waals surface area contributed by atoms with E-state index in [9.17, 15) is 39.5 Å². The van der Waals surface area contributed by atoms with Gasteiger partial charge in [-0.1, -0.05) is 0 Å². The lowest BCUT2D eigenvalue weighted by atomic mass is 10.0. The van der Waals surface area contributed by atoms with Crippen LogP contribution in [-0.2, 0) is 14.2 Å². The average Bonchev–Trinajstić information content (AvgIpc) is 3.11. The van der Waals surface area contributed by atoms with Crippen molar-refractivity contribution in [3.63, 3.8) is 0 Å². The number of aliphatic hydroxyl groups is 5. The molecule has 0 amide bonds. The summed E-state index contributed by atoms with van der Waals surface area (Å²) in [5.74, 6) is 0. The molecule has 3 heterocycles. The van der Waals surface area contributed by atoms with Crippen molar-refractivity contribution in [3.05, 3.63) is 33.1 Å². The summed E-state index contributed by atoms with van der Waals surface area (Å²) < 4.78 is 29.2. The Bertz CT molecular complexity index is 802. The maximum Gasteiger partial charge on any atom is 0.330 e. The lowest BCUT2D eigenvalue weighted by Gasteiger charge is -2.21. The molecule has 12 nitrogen and oxygen atoms in total. The average molecular weight is 422 g/mol. The molecule has 3 rings (SSSR count). The standard InChI is InChI=1S/C16H23FN2O10/c17-3-1-6(20)13-10(23)12(25)15(29-13)27-5-7-9(22)11(24)14(28-7)19-4-2-8(21)18-16(19)26/h2,4,6-7,9-15,20,22-25H,1,3,5H2,(H,18,21,26)/t6?,7-,9-,10-,11-,12-,13+,14-,15+/m1/s1. The lowest BCUT2D eigenvalue weighted by molar-refractivity contribution is -0.197. The Morgan fingerprint density at radius 2 is 1.86 bits per heavy atom. The van der Waals surface area contributed by atoms with E-state index in [4.69, 9.17) is 14.2 Å². The molecule has 164 valence electrons. The number of hydrogen-bond donors (Lipinski definition) is 6. The molecule has 2 saturated heterocycles. The number of aromatic nitrogens is 2. The monoisotopic (exact) mass is 422 g/mol. The zero-order valence-corrected chi connectivity index (χ0v) is 15.1. The van der Waals surface area contributed by atoms with Gasteiger partial charge in [0.25, 0.3) is 5.56 Å². The first-order valence-corrected chi connectivity index (χ1v) is 8.95. The largest absolute Gasteiger partial charge is 0.390 e. The third-order valence-corrected chi connectivity index (χ3v) is 4.93. The second-order valence-corrected chi connectivity index (χ2v) is 6.89. The molecule has 0 radical (unpaired) electrons. The van der Waals surface area contributed by atoms with Crippen molar-refractivity contribution in [1.82, 2.24) is 9.55 Å². The molecule has 2 fully saturated rings. The topological polar surface area (TPSA) is 184 Å². The van der Waals surface area contributed by atoms with Crippen molar-refractivity contribution < 1.29 is 44.1 Å². The van der Waals surface area contributed by atoms with E-state index in [0.29, 0.717) is 0 Å². The number of nitrogens with one attached hydrogen (secondary N) is 1. The predicted octanol–water partition coefficient (Wildman–Crippen LogP) is -3.66. The van der Waals surface area contributed by atoms with Gasteiger partial charge in [0.2, 0.25) is 0 Å². The molecule has 0 spiro atoms. The molecule has 1 aromatic rings. The third-order valence-electron chi connectivity index (χ3n) is 4.93. The smallest absolute Gasteiger partial charge is 0.330 e. The van der Waals surface area contributed by atoms with Gasteiger partial charge in [0, 0.05) is 18.7 Å². The van der Waals surface area contributed by atoms with Crippen LogP contribution in [-0.4, -0.2) is 97.4 Å². The number of H-pyrrole nitrogens is 1. The number of rotatable bonds is 7. The van der Waals surface area contributed by atoms with Crippen LogP contribution in [0.1, 0.15) is 12.6 Å². The first kappa shape index (κ1) is 22.0. The Morgan fingerprint density at radius 1 is 1.14 bits per heavy atom. The van der Waals surface area contributed by atoms with E-state index >= 15 is 0 Å². The van der Waals surface area contributed by atoms with E-state index < -0.39 is 79.8 Å². The maximum absolute atomic E-state index is 12.4. The zero-order valence-electron chi connectivity index (χ0n) is 15.1. The molecule has 0 aromatic carbocycles. The van der Waals surface area contributed by atoms with Gasteiger partial charge in [0.1, 0.15) is 36.6 Å². The molecule has 0 saturated carbocycles. The van der Waals surface area contributed by atoms with Gasteiger partial charge < -0.3 is 39.7 Å². The fraction of sp³-hybridized carbons (Fsp3) is 0.750. The summed E-state index contributed by atoms with van der Waals surface area (Å²) in [5, 5.41) is 50.0. The van der Waals surface area contributed by atoms with Gasteiger partial charge in [-0.05, 0) is 0 Å². The van der Waals surface area contributed by atoms with E-state index in [-0.39, 0.29) is 6.42 Å². The minimum absolute atomic E-state index is 0.298. The molecule has 6 N–H and O–H groups in total. The predicted molar refractivity (Wildman–Crippen MR) is 90.5 cm³/mol. The molecule has 0 aliphatic carbocycles. The third kappa shape index (κ3) is 4.41. The second kappa shape index (κ2) is 8.97. The van der Waals surface area contributed by atoms with E-state index in [2.05, 4.69) is 0 Å². The minimum atomic E-state index is -1.55. The number of ether oxygens (including phenoxy) is 3. The fourth-order valence-electron chi connectivity index (χ4n) is 3.32. The van der Waals surface area contributed by atoms with Crippen LogP contribution in [0.2, 0.25) is 0 Å². The number of aliphatic hydroxyl groups excluding tert-OH is 5. The summed E-state index contributed by atoms with van der Waals surface area (Å²) in [5.41, 5.74) is -1.49. The Hall–Kier alpha value is -1.71. The fourth-order valence-corrected chi connectivity index (χ4v) is 3.32. The number of halogens is 1. The van der Waals surface area contributed by atoms with Crippen molar-refractivity contribution in [3.8, 4) is 0 Å². The zero-order chi connectivity index (χ0) is 21.3. The Morgan fingerprint density at radius 3 is 2.52 bits per heavy atom. The van der Waals surface area contributed by atoms with Gasteiger partial charge in [0.15, 0.2) is 12.5 Å². The van der Waals surface area contributed by atoms with Crippen LogP contribution in [0.25, 0.3) is 0 Å². The molecule has 9 atom stereocenters. The summed E-state index contributed by atoms with van der Waals surface area (Å²) in [6.07, 6.45) is -11.7. The van der Waals surface area contributed by atoms with Crippen LogP contribution in [0.15, 0.2) is 21.9 Å². The summed E-state index contributed by atoms with van der Waals surface area (Å²) >= 11 is 0. The lowest BCUT2D eigenvalue weighted by Crippen LogP contribution is -2.39. The van der Waals surface area contributed by atoms with Gasteiger partial charge in [0.05, 0.1) is 19.4 Å². The van der Waals surface area contributed by atoms with Gasteiger partial charge in [-0.3, -0.25) is 18.7 Å². The molecule has 29 heavy (non-hydrogen) atoms. The maximum atomic E-state index is 12.4. The van der Waals surface area contributed by atoms with Crippen molar-refractivity contribution in [2.75, 3.05) is 13.3 Å². The summed E-state index contributed by atoms with van der Waals surface area (Å²) in [6.45, 7) is -1.26. The number of alkyl halides is 1. The van der Waals surface area contributed by atoms with E-state index in [1.54, 1.807) is 0 Å². The van der Waals surface area contributed by atoms with Crippen LogP contribution in [0, 0.1) is 0 Å². The normalized spacial score (nSPS) is 38.4. The molecule has 2 aliphatic heterocycles. The van der Waals surface area contributed by atoms with Crippen LogP contribution in [0.3, 0.4) is 0 Å². The molecule has 0 bridgehead atoms. The summed E-state index contributed by atoms with van der Waals surface area (Å²) in [4.78, 5) is 25.0. The number of hydrogen-bond acceptors (Lipinski definition) is 10. The van der Waals surface area contributed by atoms with Crippen molar-refractivity contribution in [2.24, 2.45) is 0 Å². The minimum Gasteiger partial charge on any atom is -0.390 e. The highest BCUT2D eigenvalue weighted by Crippen LogP contribution is 2.30. The number of nitrogens with zero attached hydrogens (tertiary/aromatic N) is 1. The SMILES string of the molecule is O=c1ccn([C@@H]2O[C@H](CO[C@H]3O[C@@H](C(O)CCF)[C@H](O)[C@H]3O)[C@@H](O)[C@H]2O)c(=O)[nH]1. The van der Waals surface area contributed by atoms with E-state index in [1.165, 1.54) is 0 Å². The van der Waals surface area contributed by atoms with Crippen LogP contribution in [0.4, 0.5) is 4.39 Å². The molecule has 1 unspecified atom stereocenters. The van der Waals surface area contributed by atoms with E-state index in [0.717, 1.165) is 16.8 Å². The van der Waals surface area contributed by atoms with Gasteiger partial charge in [-0.15, -0.1) is 0 Å². The van der Waals surface area contributed by atoms with Gasteiger partial charge >= 0.3 is 5.69 Å². The Balaban J connectivity index is 1.62. The molecule has 1 aromatic heterocycles. The highest BCUT2D eigenvalue weighted by molar-refractivity contribution is 4.94. The van der Waals surface area contributed by atoms with Crippen molar-refractivity contribution in [1.29, 1.82) is 0 Å². The van der Waals surface area contributed by atoms with Crippen LogP contribution >= 0.6 is 0 Å². The first-order chi connectivity index (χ1) is 13.7. The van der Waals surface area contributed by atoms with Crippen LogP contribution in [0.5, 0.6) is 0 Å². The Kier molecular flexibility index (Phi) is 6.80. The van der Waals surface area contributed by atoms with Crippen molar-refractivity contribution >= 4 is 0 Å². The summed E-state index contributed by atoms with van der Waals surface area (Å²) in [6, 6.07) is 1.04. The molecular formula is C16H23FN2O10. The highest BCUT2D eigenvalue weighted by atomic mass is 19.1. The van der Waals surface area contributed by atoms with Crippen LogP contribution < -0.4 is 11.2 Å². The first-order valence-electron chi connectivity index (χ1n) is 8.95. The highest BCUT2D eigenvalue weighted by Gasteiger charge is 2.48. The second-order valence-electron chi connectivity index (χ2n) is 6.89. The Labute approximate surface area is 162 Å². The molecular weight excluding hydrogens is 399 g/mol. The van der Waals surface area contributed by atoms with Gasteiger partial charge in [-0.25, -0.2) is 4.79 Å². The van der Waals surface area contributed by atoms with Crippen molar-refractivity contribution in [2.45, 2.75) is 61.7 Å². The quantitative estimate of drug-likeness (QED) is 0.256. The number of aromatic amines is 1. The molecule has 13 heteroatoms. The summed E-state index contributed by atoms with van der Waals surface area (Å²) in [7, 11) is 0.